The van der Waals surface area contributed by atoms with E-state index >= 15 is 0 Å². The number of likely N-dealkylation sites (tertiary alicyclic amines) is 1. The van der Waals surface area contributed by atoms with Gasteiger partial charge in [-0.25, -0.2) is 0 Å². The van der Waals surface area contributed by atoms with E-state index in [0.717, 1.165) is 24.9 Å². The van der Waals surface area contributed by atoms with Gasteiger partial charge in [0, 0.05) is 12.6 Å². The molecule has 1 heterocycles. The molecule has 76 valence electrons. The number of rotatable bonds is 3. The fourth-order valence-corrected chi connectivity index (χ4v) is 2.96. The molecule has 1 aliphatic carbocycles. The molecule has 0 amide bonds. The first-order valence-electron chi connectivity index (χ1n) is 5.69. The monoisotopic (exact) mass is 183 g/mol. The first-order valence-corrected chi connectivity index (χ1v) is 5.69. The molecule has 3 unspecified atom stereocenters. The Hall–Kier alpha value is -0.0800. The third-order valence-corrected chi connectivity index (χ3v) is 3.71. The molecule has 0 radical (unpaired) electrons. The lowest BCUT2D eigenvalue weighted by molar-refractivity contribution is 0.148. The number of hydrogen-bond donors (Lipinski definition) is 1. The summed E-state index contributed by atoms with van der Waals surface area (Å²) in [7, 11) is 0. The molecule has 1 N–H and O–H groups in total. The van der Waals surface area contributed by atoms with Gasteiger partial charge in [0.1, 0.15) is 0 Å². The van der Waals surface area contributed by atoms with E-state index < -0.39 is 0 Å². The van der Waals surface area contributed by atoms with Crippen LogP contribution < -0.4 is 0 Å². The molecular formula is C11H21NO. The number of fused-ring (bicyclic) bond motifs is 1. The van der Waals surface area contributed by atoms with E-state index in [9.17, 15) is 5.11 Å². The van der Waals surface area contributed by atoms with Gasteiger partial charge in [-0.05, 0) is 45.1 Å². The van der Waals surface area contributed by atoms with Crippen molar-refractivity contribution in [1.82, 2.24) is 4.90 Å². The van der Waals surface area contributed by atoms with Crippen molar-refractivity contribution in [2.45, 2.75) is 51.2 Å². The fourth-order valence-electron chi connectivity index (χ4n) is 2.96. The van der Waals surface area contributed by atoms with Crippen molar-refractivity contribution in [2.24, 2.45) is 5.92 Å². The van der Waals surface area contributed by atoms with Gasteiger partial charge in [-0.1, -0.05) is 6.42 Å². The molecule has 2 rings (SSSR count). The molecule has 13 heavy (non-hydrogen) atoms. The van der Waals surface area contributed by atoms with E-state index in [1.807, 2.05) is 6.92 Å². The predicted octanol–water partition coefficient (Wildman–Crippen LogP) is 1.63. The van der Waals surface area contributed by atoms with Crippen LogP contribution in [0, 0.1) is 5.92 Å². The zero-order valence-electron chi connectivity index (χ0n) is 8.58. The molecule has 1 aliphatic heterocycles. The Kier molecular flexibility index (Phi) is 2.89. The second-order valence-electron chi connectivity index (χ2n) is 4.72. The van der Waals surface area contributed by atoms with Crippen molar-refractivity contribution in [3.05, 3.63) is 0 Å². The molecule has 1 saturated heterocycles. The molecule has 0 spiro atoms. The average molecular weight is 183 g/mol. The van der Waals surface area contributed by atoms with E-state index in [1.165, 1.54) is 32.2 Å². The van der Waals surface area contributed by atoms with Crippen molar-refractivity contribution in [3.8, 4) is 0 Å². The normalized spacial score (nSPS) is 36.5. The minimum atomic E-state index is -0.125. The lowest BCUT2D eigenvalue weighted by Gasteiger charge is -2.23. The Morgan fingerprint density at radius 3 is 3.00 bits per heavy atom. The second kappa shape index (κ2) is 3.97. The van der Waals surface area contributed by atoms with E-state index in [-0.39, 0.29) is 6.10 Å². The highest BCUT2D eigenvalue weighted by Gasteiger charge is 2.36. The first-order chi connectivity index (χ1) is 6.27. The largest absolute Gasteiger partial charge is 0.393 e. The SMILES string of the molecule is CC(O)CCN1CCC2CCCC21. The highest BCUT2D eigenvalue weighted by Crippen LogP contribution is 2.37. The van der Waals surface area contributed by atoms with Crippen LogP contribution in [-0.2, 0) is 0 Å². The maximum Gasteiger partial charge on any atom is 0.0524 e. The second-order valence-corrected chi connectivity index (χ2v) is 4.72. The fraction of sp³-hybridized carbons (Fsp3) is 1.00. The van der Waals surface area contributed by atoms with Gasteiger partial charge >= 0.3 is 0 Å². The number of aliphatic hydroxyl groups excluding tert-OH is 1. The van der Waals surface area contributed by atoms with Crippen molar-refractivity contribution < 1.29 is 5.11 Å². The molecule has 1 saturated carbocycles. The summed E-state index contributed by atoms with van der Waals surface area (Å²) in [6.45, 7) is 4.28. The van der Waals surface area contributed by atoms with Crippen LogP contribution in [0.5, 0.6) is 0 Å². The summed E-state index contributed by atoms with van der Waals surface area (Å²) in [6, 6.07) is 0.874. The van der Waals surface area contributed by atoms with E-state index in [1.54, 1.807) is 0 Å². The standard InChI is InChI=1S/C11H21NO/c1-9(13)5-7-12-8-6-10-3-2-4-11(10)12/h9-11,13H,2-8H2,1H3. The van der Waals surface area contributed by atoms with Crippen LogP contribution >= 0.6 is 0 Å². The van der Waals surface area contributed by atoms with E-state index in [2.05, 4.69) is 4.90 Å². The van der Waals surface area contributed by atoms with Gasteiger partial charge < -0.3 is 10.0 Å². The highest BCUT2D eigenvalue weighted by molar-refractivity contribution is 4.91. The van der Waals surface area contributed by atoms with Crippen molar-refractivity contribution in [2.75, 3.05) is 13.1 Å². The zero-order chi connectivity index (χ0) is 9.26. The first kappa shape index (κ1) is 9.47. The summed E-state index contributed by atoms with van der Waals surface area (Å²) >= 11 is 0. The van der Waals surface area contributed by atoms with Gasteiger partial charge in [0.15, 0.2) is 0 Å². The molecule has 2 fully saturated rings. The third-order valence-electron chi connectivity index (χ3n) is 3.71. The summed E-state index contributed by atoms with van der Waals surface area (Å²) in [5, 5.41) is 9.23. The molecule has 0 aromatic rings. The molecule has 2 aliphatic rings. The molecule has 0 bridgehead atoms. The van der Waals surface area contributed by atoms with Crippen molar-refractivity contribution in [3.63, 3.8) is 0 Å². The minimum absolute atomic E-state index is 0.125. The van der Waals surface area contributed by atoms with Crippen LogP contribution in [0.1, 0.15) is 39.0 Å². The Labute approximate surface area is 80.9 Å². The van der Waals surface area contributed by atoms with Crippen LogP contribution in [0.25, 0.3) is 0 Å². The van der Waals surface area contributed by atoms with Gasteiger partial charge in [0.2, 0.25) is 0 Å². The molecular weight excluding hydrogens is 162 g/mol. The van der Waals surface area contributed by atoms with Crippen LogP contribution in [0.15, 0.2) is 0 Å². The lowest BCUT2D eigenvalue weighted by atomic mass is 10.0. The topological polar surface area (TPSA) is 23.5 Å². The zero-order valence-corrected chi connectivity index (χ0v) is 8.58. The third kappa shape index (κ3) is 2.05. The summed E-state index contributed by atoms with van der Waals surface area (Å²) in [4.78, 5) is 2.60. The van der Waals surface area contributed by atoms with Crippen molar-refractivity contribution >= 4 is 0 Å². The van der Waals surface area contributed by atoms with E-state index in [0.29, 0.717) is 0 Å². The highest BCUT2D eigenvalue weighted by atomic mass is 16.3. The Morgan fingerprint density at radius 2 is 2.23 bits per heavy atom. The maximum atomic E-state index is 9.23. The summed E-state index contributed by atoms with van der Waals surface area (Å²) in [5.41, 5.74) is 0. The lowest BCUT2D eigenvalue weighted by Crippen LogP contribution is -2.32. The van der Waals surface area contributed by atoms with Crippen molar-refractivity contribution in [1.29, 1.82) is 0 Å². The molecule has 2 heteroatoms. The van der Waals surface area contributed by atoms with Gasteiger partial charge in [0.25, 0.3) is 0 Å². The molecule has 3 atom stereocenters. The smallest absolute Gasteiger partial charge is 0.0524 e. The van der Waals surface area contributed by atoms with Gasteiger partial charge in [0.05, 0.1) is 6.10 Å². The molecule has 0 aromatic carbocycles. The predicted molar refractivity (Wildman–Crippen MR) is 53.6 cm³/mol. The van der Waals surface area contributed by atoms with Crippen LogP contribution in [-0.4, -0.2) is 35.2 Å². The van der Waals surface area contributed by atoms with Crippen LogP contribution in [0.3, 0.4) is 0 Å². The Morgan fingerprint density at radius 1 is 1.38 bits per heavy atom. The van der Waals surface area contributed by atoms with Crippen LogP contribution in [0.4, 0.5) is 0 Å². The van der Waals surface area contributed by atoms with Gasteiger partial charge in [-0.15, -0.1) is 0 Å². The van der Waals surface area contributed by atoms with Gasteiger partial charge in [-0.3, -0.25) is 0 Å². The quantitative estimate of drug-likeness (QED) is 0.719. The maximum absolute atomic E-state index is 9.23. The number of nitrogens with zero attached hydrogens (tertiary/aromatic N) is 1. The number of aliphatic hydroxyl groups is 1. The Balaban J connectivity index is 1.80. The summed E-state index contributed by atoms with van der Waals surface area (Å²) in [6.07, 6.45) is 6.52. The molecule has 2 nitrogen and oxygen atoms in total. The van der Waals surface area contributed by atoms with Gasteiger partial charge in [-0.2, -0.15) is 0 Å². The van der Waals surface area contributed by atoms with E-state index in [4.69, 9.17) is 0 Å². The Bertz CT molecular complexity index is 169. The minimum Gasteiger partial charge on any atom is -0.393 e. The molecule has 0 aromatic heterocycles. The summed E-state index contributed by atoms with van der Waals surface area (Å²) < 4.78 is 0. The summed E-state index contributed by atoms with van der Waals surface area (Å²) in [5.74, 6) is 0.994. The van der Waals surface area contributed by atoms with Crippen LogP contribution in [0.2, 0.25) is 0 Å². The number of hydrogen-bond acceptors (Lipinski definition) is 2. The average Bonchev–Trinajstić information content (AvgIpc) is 2.60.